The maximum absolute atomic E-state index is 12.5. The van der Waals surface area contributed by atoms with Crippen molar-refractivity contribution in [3.8, 4) is 0 Å². The highest BCUT2D eigenvalue weighted by Gasteiger charge is 2.35. The fraction of sp³-hybridized carbons (Fsp3) is 0.600. The molecule has 1 amide bonds. The van der Waals surface area contributed by atoms with Crippen molar-refractivity contribution in [3.63, 3.8) is 0 Å². The lowest BCUT2D eigenvalue weighted by Crippen LogP contribution is -2.47. The molecular weight excluding hydrogens is 283 g/mol. The van der Waals surface area contributed by atoms with E-state index >= 15 is 0 Å². The molecule has 2 N–H and O–H groups in total. The fourth-order valence-electron chi connectivity index (χ4n) is 1.83. The summed E-state index contributed by atoms with van der Waals surface area (Å²) in [6, 6.07) is -0.363. The molecule has 0 bridgehead atoms. The number of alkyl halides is 3. The van der Waals surface area contributed by atoms with Crippen molar-refractivity contribution in [2.45, 2.75) is 18.6 Å². The maximum atomic E-state index is 12.5. The lowest BCUT2D eigenvalue weighted by molar-refractivity contribution is -0.140. The van der Waals surface area contributed by atoms with E-state index in [4.69, 9.17) is 10.5 Å². The Morgan fingerprint density at radius 1 is 1.63 bits per heavy atom. The Kier molecular flexibility index (Phi) is 3.95. The number of nitrogens with zero attached hydrogens (tertiary/aromatic N) is 2. The summed E-state index contributed by atoms with van der Waals surface area (Å²) in [6.45, 7) is 1.03. The van der Waals surface area contributed by atoms with Gasteiger partial charge in [-0.1, -0.05) is 0 Å². The smallest absolute Gasteiger partial charge is 0.377 e. The van der Waals surface area contributed by atoms with E-state index in [0.717, 1.165) is 16.7 Å². The van der Waals surface area contributed by atoms with Gasteiger partial charge in [-0.25, -0.2) is 4.98 Å². The summed E-state index contributed by atoms with van der Waals surface area (Å²) in [6.07, 6.45) is -4.43. The van der Waals surface area contributed by atoms with E-state index in [1.165, 1.54) is 0 Å². The second-order valence-electron chi connectivity index (χ2n) is 4.11. The molecule has 1 fully saturated rings. The Morgan fingerprint density at radius 3 is 2.95 bits per heavy atom. The van der Waals surface area contributed by atoms with Crippen LogP contribution in [0, 0.1) is 0 Å². The second-order valence-corrected chi connectivity index (χ2v) is 4.94. The zero-order valence-electron chi connectivity index (χ0n) is 9.81. The molecule has 1 aromatic heterocycles. The molecule has 5 nitrogen and oxygen atoms in total. The molecule has 1 saturated heterocycles. The van der Waals surface area contributed by atoms with Gasteiger partial charge in [-0.2, -0.15) is 13.2 Å². The Morgan fingerprint density at radius 2 is 2.37 bits per heavy atom. The number of hydrogen-bond acceptors (Lipinski definition) is 5. The highest BCUT2D eigenvalue weighted by atomic mass is 32.1. The first kappa shape index (κ1) is 14.1. The molecule has 0 aromatic carbocycles. The van der Waals surface area contributed by atoms with Gasteiger partial charge in [0.05, 0.1) is 19.3 Å². The third kappa shape index (κ3) is 3.35. The average Bonchev–Trinajstić information content (AvgIpc) is 2.77. The van der Waals surface area contributed by atoms with Crippen molar-refractivity contribution < 1.29 is 22.7 Å². The van der Waals surface area contributed by atoms with Gasteiger partial charge in [0.25, 0.3) is 0 Å². The van der Waals surface area contributed by atoms with Crippen molar-refractivity contribution in [2.75, 3.05) is 24.7 Å². The second kappa shape index (κ2) is 5.33. The summed E-state index contributed by atoms with van der Waals surface area (Å²) < 4.78 is 42.7. The standard InChI is InChI=1S/C10H12F3N3O2S/c11-10(12,13)7-5-19-9(15-7)16-1-2-18-4-6(16)3-8(14)17/h5-6H,1-4H2,(H2,14,17). The van der Waals surface area contributed by atoms with E-state index < -0.39 is 17.8 Å². The van der Waals surface area contributed by atoms with E-state index in [9.17, 15) is 18.0 Å². The van der Waals surface area contributed by atoms with E-state index in [2.05, 4.69) is 4.98 Å². The number of nitrogens with two attached hydrogens (primary N) is 1. The predicted octanol–water partition coefficient (Wildman–Crippen LogP) is 1.24. The molecule has 2 rings (SSSR count). The number of rotatable bonds is 3. The summed E-state index contributed by atoms with van der Waals surface area (Å²) in [5.41, 5.74) is 4.20. The number of halogens is 3. The van der Waals surface area contributed by atoms with Crippen LogP contribution in [0.5, 0.6) is 0 Å². The minimum Gasteiger partial charge on any atom is -0.377 e. The Bertz CT molecular complexity index is 463. The number of carbonyl (C=O) groups excluding carboxylic acids is 1. The molecule has 1 aliphatic rings. The van der Waals surface area contributed by atoms with Gasteiger partial charge in [0.15, 0.2) is 10.8 Å². The van der Waals surface area contributed by atoms with Crippen LogP contribution < -0.4 is 10.6 Å². The Labute approximate surface area is 111 Å². The molecule has 0 radical (unpaired) electrons. The van der Waals surface area contributed by atoms with Crippen LogP contribution in [0.3, 0.4) is 0 Å². The number of primary amides is 1. The monoisotopic (exact) mass is 295 g/mol. The zero-order valence-corrected chi connectivity index (χ0v) is 10.6. The highest BCUT2D eigenvalue weighted by molar-refractivity contribution is 7.13. The zero-order chi connectivity index (χ0) is 14.0. The number of aromatic nitrogens is 1. The van der Waals surface area contributed by atoms with Gasteiger partial charge in [-0.05, 0) is 0 Å². The highest BCUT2D eigenvalue weighted by Crippen LogP contribution is 2.34. The third-order valence-corrected chi connectivity index (χ3v) is 3.57. The molecule has 0 aliphatic carbocycles. The van der Waals surface area contributed by atoms with Crippen LogP contribution in [0.1, 0.15) is 12.1 Å². The first-order valence-corrected chi connectivity index (χ1v) is 6.41. The Balaban J connectivity index is 2.18. The maximum Gasteiger partial charge on any atom is 0.434 e. The molecule has 0 spiro atoms. The molecule has 106 valence electrons. The quantitative estimate of drug-likeness (QED) is 0.911. The third-order valence-electron chi connectivity index (χ3n) is 2.69. The van der Waals surface area contributed by atoms with E-state index in [1.54, 1.807) is 4.90 Å². The first-order valence-electron chi connectivity index (χ1n) is 5.53. The molecule has 9 heteroatoms. The van der Waals surface area contributed by atoms with Crippen molar-refractivity contribution >= 4 is 22.4 Å². The van der Waals surface area contributed by atoms with Crippen molar-refractivity contribution in [2.24, 2.45) is 5.73 Å². The molecule has 19 heavy (non-hydrogen) atoms. The van der Waals surface area contributed by atoms with Crippen LogP contribution in [-0.2, 0) is 15.7 Å². The minimum absolute atomic E-state index is 0.0287. The van der Waals surface area contributed by atoms with Crippen molar-refractivity contribution in [3.05, 3.63) is 11.1 Å². The number of morpholine rings is 1. The lowest BCUT2D eigenvalue weighted by atomic mass is 10.1. The van der Waals surface area contributed by atoms with Crippen LogP contribution in [0.4, 0.5) is 18.3 Å². The summed E-state index contributed by atoms with van der Waals surface area (Å²) in [5, 5.41) is 1.20. The lowest BCUT2D eigenvalue weighted by Gasteiger charge is -2.34. The number of anilines is 1. The van der Waals surface area contributed by atoms with Gasteiger partial charge >= 0.3 is 6.18 Å². The minimum atomic E-state index is -4.46. The van der Waals surface area contributed by atoms with Gasteiger partial charge in [0, 0.05) is 18.3 Å². The summed E-state index contributed by atoms with van der Waals surface area (Å²) in [7, 11) is 0. The van der Waals surface area contributed by atoms with Gasteiger partial charge in [-0.15, -0.1) is 11.3 Å². The topological polar surface area (TPSA) is 68.5 Å². The molecule has 1 aliphatic heterocycles. The fourth-order valence-corrected chi connectivity index (χ4v) is 2.76. The number of hydrogen-bond donors (Lipinski definition) is 1. The number of carbonyl (C=O) groups is 1. The number of thiazole rings is 1. The summed E-state index contributed by atoms with van der Waals surface area (Å²) >= 11 is 0.901. The van der Waals surface area contributed by atoms with Crippen LogP contribution in [0.2, 0.25) is 0 Å². The van der Waals surface area contributed by atoms with Crippen LogP contribution in [0.25, 0.3) is 0 Å². The van der Waals surface area contributed by atoms with Crippen LogP contribution in [-0.4, -0.2) is 36.7 Å². The number of amides is 1. The molecular formula is C10H12F3N3O2S. The van der Waals surface area contributed by atoms with Gasteiger partial charge in [0.2, 0.25) is 5.91 Å². The van der Waals surface area contributed by atoms with Gasteiger partial charge in [-0.3, -0.25) is 4.79 Å². The molecule has 2 heterocycles. The van der Waals surface area contributed by atoms with Crippen LogP contribution in [0.15, 0.2) is 5.38 Å². The average molecular weight is 295 g/mol. The number of ether oxygens (including phenoxy) is 1. The van der Waals surface area contributed by atoms with Crippen LogP contribution >= 0.6 is 11.3 Å². The molecule has 0 saturated carbocycles. The summed E-state index contributed by atoms with van der Waals surface area (Å²) in [4.78, 5) is 16.2. The first-order chi connectivity index (χ1) is 8.88. The molecule has 1 unspecified atom stereocenters. The normalized spacial score (nSPS) is 20.6. The predicted molar refractivity (Wildman–Crippen MR) is 62.9 cm³/mol. The SMILES string of the molecule is NC(=O)CC1COCCN1c1nc(C(F)(F)F)cs1. The van der Waals surface area contributed by atoms with Crippen molar-refractivity contribution in [1.82, 2.24) is 4.98 Å². The molecule has 1 atom stereocenters. The van der Waals surface area contributed by atoms with Gasteiger partial charge in [0.1, 0.15) is 0 Å². The molecule has 1 aromatic rings. The summed E-state index contributed by atoms with van der Waals surface area (Å²) in [5.74, 6) is -0.520. The largest absolute Gasteiger partial charge is 0.434 e. The van der Waals surface area contributed by atoms with E-state index in [0.29, 0.717) is 13.2 Å². The van der Waals surface area contributed by atoms with E-state index in [1.807, 2.05) is 0 Å². The van der Waals surface area contributed by atoms with E-state index in [-0.39, 0.29) is 24.2 Å². The Hall–Kier alpha value is -1.35. The van der Waals surface area contributed by atoms with Crippen molar-refractivity contribution in [1.29, 1.82) is 0 Å². The van der Waals surface area contributed by atoms with Gasteiger partial charge < -0.3 is 15.4 Å².